The van der Waals surface area contributed by atoms with Gasteiger partial charge in [0.2, 0.25) is 6.04 Å². The van der Waals surface area contributed by atoms with Gasteiger partial charge in [-0.2, -0.15) is 0 Å². The minimum absolute atomic E-state index is 0.0186. The summed E-state index contributed by atoms with van der Waals surface area (Å²) in [5.74, 6) is -0.777. The molecule has 0 aliphatic heterocycles. The average molecular weight is 341 g/mol. The molecular formula is C18H31NO5. The highest BCUT2D eigenvalue weighted by molar-refractivity contribution is 5.88. The molecule has 0 aromatic heterocycles. The second kappa shape index (κ2) is 8.60. The van der Waals surface area contributed by atoms with Gasteiger partial charge < -0.3 is 9.47 Å². The van der Waals surface area contributed by atoms with E-state index in [-0.39, 0.29) is 35.4 Å². The van der Waals surface area contributed by atoms with Crippen molar-refractivity contribution >= 4 is 5.97 Å². The summed E-state index contributed by atoms with van der Waals surface area (Å²) in [6.07, 6.45) is 3.07. The van der Waals surface area contributed by atoms with Crippen LogP contribution in [0.3, 0.4) is 0 Å². The molecule has 0 saturated carbocycles. The summed E-state index contributed by atoms with van der Waals surface area (Å²) >= 11 is 0. The van der Waals surface area contributed by atoms with Crippen molar-refractivity contribution in [3.05, 3.63) is 21.8 Å². The van der Waals surface area contributed by atoms with E-state index in [0.29, 0.717) is 5.57 Å². The van der Waals surface area contributed by atoms with Crippen LogP contribution in [0.2, 0.25) is 0 Å². The number of ether oxygens (including phenoxy) is 2. The van der Waals surface area contributed by atoms with Crippen LogP contribution < -0.4 is 0 Å². The van der Waals surface area contributed by atoms with Crippen LogP contribution in [0.1, 0.15) is 60.8 Å². The topological polar surface area (TPSA) is 78.7 Å². The van der Waals surface area contributed by atoms with Crippen LogP contribution in [0.4, 0.5) is 0 Å². The molecule has 0 amide bonds. The first-order valence-corrected chi connectivity index (χ1v) is 8.82. The number of rotatable bonds is 7. The van der Waals surface area contributed by atoms with E-state index in [1.165, 1.54) is 0 Å². The molecule has 1 aliphatic carbocycles. The van der Waals surface area contributed by atoms with Crippen LogP contribution in [0.5, 0.6) is 0 Å². The third kappa shape index (κ3) is 5.03. The van der Waals surface area contributed by atoms with Gasteiger partial charge in [-0.3, -0.25) is 10.1 Å². The van der Waals surface area contributed by atoms with Crippen molar-refractivity contribution in [1.82, 2.24) is 0 Å². The quantitative estimate of drug-likeness (QED) is 0.400. The first kappa shape index (κ1) is 20.6. The lowest BCUT2D eigenvalue weighted by Crippen LogP contribution is -2.49. The molecule has 1 aliphatic rings. The Bertz CT molecular complexity index is 476. The molecule has 6 heteroatoms. The van der Waals surface area contributed by atoms with Gasteiger partial charge in [0.1, 0.15) is 0 Å². The molecule has 0 saturated heterocycles. The summed E-state index contributed by atoms with van der Waals surface area (Å²) in [6, 6.07) is -0.853. The van der Waals surface area contributed by atoms with Gasteiger partial charge in [-0.15, -0.1) is 0 Å². The Balaban J connectivity index is 3.26. The summed E-state index contributed by atoms with van der Waals surface area (Å²) in [5, 5.41) is 11.7. The Morgan fingerprint density at radius 2 is 1.92 bits per heavy atom. The molecule has 0 aromatic carbocycles. The van der Waals surface area contributed by atoms with Crippen molar-refractivity contribution < 1.29 is 19.2 Å². The van der Waals surface area contributed by atoms with E-state index >= 15 is 0 Å². The van der Waals surface area contributed by atoms with Gasteiger partial charge >= 0.3 is 5.97 Å². The third-order valence-electron chi connectivity index (χ3n) is 4.63. The van der Waals surface area contributed by atoms with Gasteiger partial charge in [0.25, 0.3) is 0 Å². The normalized spacial score (nSPS) is 24.6. The zero-order chi connectivity index (χ0) is 18.5. The highest BCUT2D eigenvalue weighted by atomic mass is 16.6. The number of hydrogen-bond acceptors (Lipinski definition) is 5. The number of nitro groups is 1. The van der Waals surface area contributed by atoms with E-state index in [1.54, 1.807) is 13.0 Å². The predicted octanol–water partition coefficient (Wildman–Crippen LogP) is 3.76. The molecule has 3 atom stereocenters. The number of esters is 1. The summed E-state index contributed by atoms with van der Waals surface area (Å²) < 4.78 is 11.2. The van der Waals surface area contributed by atoms with E-state index in [2.05, 4.69) is 0 Å². The Hall–Kier alpha value is -1.43. The summed E-state index contributed by atoms with van der Waals surface area (Å²) in [4.78, 5) is 23.5. The third-order valence-corrected chi connectivity index (χ3v) is 4.63. The van der Waals surface area contributed by atoms with Crippen molar-refractivity contribution in [3.8, 4) is 0 Å². The van der Waals surface area contributed by atoms with E-state index in [1.807, 2.05) is 34.6 Å². The first-order chi connectivity index (χ1) is 11.1. The van der Waals surface area contributed by atoms with Gasteiger partial charge in [-0.05, 0) is 31.3 Å². The Morgan fingerprint density at radius 1 is 1.33 bits per heavy atom. The molecule has 0 aromatic rings. The molecule has 0 heterocycles. The van der Waals surface area contributed by atoms with Crippen LogP contribution in [0.15, 0.2) is 11.6 Å². The van der Waals surface area contributed by atoms with Crippen LogP contribution in [0.25, 0.3) is 0 Å². The standard InChI is InChI=1S/C18H31NO5/c1-7-13(8-2)24-15-11-12(17(20)23-9-3)10-14(19(21)22)16(15)18(4,5)6/h11,13-16H,7-10H2,1-6H3/t14-,15-,16-/m1/s1. The Kier molecular flexibility index (Phi) is 7.39. The predicted molar refractivity (Wildman–Crippen MR) is 92.3 cm³/mol. The van der Waals surface area contributed by atoms with Crippen LogP contribution in [0, 0.1) is 21.4 Å². The highest BCUT2D eigenvalue weighted by Gasteiger charge is 2.49. The molecule has 0 fully saturated rings. The number of nitrogens with zero attached hydrogens (tertiary/aromatic N) is 1. The van der Waals surface area contributed by atoms with Crippen LogP contribution >= 0.6 is 0 Å². The molecular weight excluding hydrogens is 310 g/mol. The fraction of sp³-hybridized carbons (Fsp3) is 0.833. The number of hydrogen-bond donors (Lipinski definition) is 0. The second-order valence-corrected chi connectivity index (χ2v) is 7.40. The fourth-order valence-electron chi connectivity index (χ4n) is 3.42. The summed E-state index contributed by atoms with van der Waals surface area (Å²) in [7, 11) is 0. The lowest BCUT2D eigenvalue weighted by Gasteiger charge is -2.41. The lowest BCUT2D eigenvalue weighted by molar-refractivity contribution is -0.539. The summed E-state index contributed by atoms with van der Waals surface area (Å²) in [5.41, 5.74) is 0.0421. The van der Waals surface area contributed by atoms with Crippen molar-refractivity contribution in [1.29, 1.82) is 0 Å². The molecule has 1 rings (SSSR count). The fourth-order valence-corrected chi connectivity index (χ4v) is 3.42. The molecule has 0 spiro atoms. The zero-order valence-corrected chi connectivity index (χ0v) is 15.7. The van der Waals surface area contributed by atoms with Crippen LogP contribution in [-0.4, -0.2) is 35.7 Å². The Labute approximate surface area is 144 Å². The van der Waals surface area contributed by atoms with Crippen LogP contribution in [-0.2, 0) is 14.3 Å². The smallest absolute Gasteiger partial charge is 0.334 e. The molecule has 0 bridgehead atoms. The summed E-state index contributed by atoms with van der Waals surface area (Å²) in [6.45, 7) is 12.0. The van der Waals surface area contributed by atoms with Crippen molar-refractivity contribution in [2.45, 2.75) is 79.1 Å². The maximum absolute atomic E-state index is 12.1. The minimum atomic E-state index is -0.853. The van der Waals surface area contributed by atoms with Gasteiger partial charge in [0.15, 0.2) is 0 Å². The van der Waals surface area contributed by atoms with Crippen molar-refractivity contribution in [3.63, 3.8) is 0 Å². The van der Waals surface area contributed by atoms with Gasteiger partial charge in [-0.25, -0.2) is 4.79 Å². The maximum atomic E-state index is 12.1. The first-order valence-electron chi connectivity index (χ1n) is 8.82. The number of carbonyl (C=O) groups excluding carboxylic acids is 1. The van der Waals surface area contributed by atoms with Gasteiger partial charge in [0, 0.05) is 16.9 Å². The highest BCUT2D eigenvalue weighted by Crippen LogP contribution is 2.41. The van der Waals surface area contributed by atoms with E-state index in [9.17, 15) is 14.9 Å². The van der Waals surface area contributed by atoms with Crippen molar-refractivity contribution in [2.75, 3.05) is 6.61 Å². The van der Waals surface area contributed by atoms with Gasteiger partial charge in [0.05, 0.1) is 24.7 Å². The number of carbonyl (C=O) groups is 1. The molecule has 0 N–H and O–H groups in total. The molecule has 24 heavy (non-hydrogen) atoms. The van der Waals surface area contributed by atoms with E-state index < -0.39 is 18.1 Å². The monoisotopic (exact) mass is 341 g/mol. The SMILES string of the molecule is CCOC(=O)C1=C[C@@H](OC(CC)CC)[C@H](C(C)(C)C)[C@H]([N+](=O)[O-])C1. The Morgan fingerprint density at radius 3 is 2.33 bits per heavy atom. The largest absolute Gasteiger partial charge is 0.463 e. The molecule has 6 nitrogen and oxygen atoms in total. The second-order valence-electron chi connectivity index (χ2n) is 7.40. The lowest BCUT2D eigenvalue weighted by atomic mass is 9.68. The minimum Gasteiger partial charge on any atom is -0.463 e. The van der Waals surface area contributed by atoms with E-state index in [4.69, 9.17) is 9.47 Å². The average Bonchev–Trinajstić information content (AvgIpc) is 2.50. The van der Waals surface area contributed by atoms with Crippen molar-refractivity contribution in [2.24, 2.45) is 11.3 Å². The maximum Gasteiger partial charge on any atom is 0.334 e. The molecule has 0 unspecified atom stereocenters. The molecule has 0 radical (unpaired) electrons. The van der Waals surface area contributed by atoms with E-state index in [0.717, 1.165) is 12.8 Å². The van der Waals surface area contributed by atoms with Gasteiger partial charge in [-0.1, -0.05) is 34.6 Å². The molecule has 138 valence electrons. The zero-order valence-electron chi connectivity index (χ0n) is 15.7.